The summed E-state index contributed by atoms with van der Waals surface area (Å²) in [5.74, 6) is -2.98. The maximum absolute atomic E-state index is 14.1. The van der Waals surface area contributed by atoms with E-state index < -0.39 is 35.8 Å². The maximum Gasteiger partial charge on any atom is 0.270 e. The average Bonchev–Trinajstić information content (AvgIpc) is 3.08. The van der Waals surface area contributed by atoms with E-state index in [1.807, 2.05) is 6.92 Å². The summed E-state index contributed by atoms with van der Waals surface area (Å²) in [7, 11) is 0. The number of amides is 3. The number of carbonyl (C=O) groups excluding carboxylic acids is 3. The second-order valence-electron chi connectivity index (χ2n) is 6.91. The SMILES string of the molecule is CCCCC(CN(O)C=O)C(=O)N1CC(F)CC1C(=O)N=c1ccc(F)cn1O. The quantitative estimate of drug-likeness (QED) is 0.284. The molecule has 1 aromatic rings. The normalized spacial score (nSPS) is 20.6. The van der Waals surface area contributed by atoms with Crippen molar-refractivity contribution in [2.45, 2.75) is 44.8 Å². The summed E-state index contributed by atoms with van der Waals surface area (Å²) in [5.41, 5.74) is -0.267. The van der Waals surface area contributed by atoms with Crippen molar-refractivity contribution in [2.75, 3.05) is 13.1 Å². The Hall–Kier alpha value is -2.82. The minimum absolute atomic E-state index is 0.167. The predicted molar refractivity (Wildman–Crippen MR) is 94.7 cm³/mol. The van der Waals surface area contributed by atoms with Crippen molar-refractivity contribution in [3.05, 3.63) is 29.6 Å². The van der Waals surface area contributed by atoms with Crippen molar-refractivity contribution in [2.24, 2.45) is 10.9 Å². The van der Waals surface area contributed by atoms with Gasteiger partial charge in [0.15, 0.2) is 5.49 Å². The molecule has 11 heteroatoms. The van der Waals surface area contributed by atoms with E-state index in [9.17, 15) is 33.6 Å². The largest absolute Gasteiger partial charge is 0.427 e. The molecule has 1 aliphatic rings. The lowest BCUT2D eigenvalue weighted by Gasteiger charge is -2.28. The van der Waals surface area contributed by atoms with Crippen LogP contribution in [0.3, 0.4) is 0 Å². The lowest BCUT2D eigenvalue weighted by Crippen LogP contribution is -2.46. The highest BCUT2D eigenvalue weighted by atomic mass is 19.1. The van der Waals surface area contributed by atoms with Gasteiger partial charge in [-0.15, -0.1) is 0 Å². The van der Waals surface area contributed by atoms with Gasteiger partial charge in [0, 0.05) is 6.42 Å². The molecule has 2 N–H and O–H groups in total. The molecule has 1 aromatic heterocycles. The van der Waals surface area contributed by atoms with E-state index in [-0.39, 0.29) is 31.4 Å². The van der Waals surface area contributed by atoms with Gasteiger partial charge in [-0.05, 0) is 18.6 Å². The molecule has 0 bridgehead atoms. The van der Waals surface area contributed by atoms with Gasteiger partial charge in [-0.2, -0.15) is 9.72 Å². The lowest BCUT2D eigenvalue weighted by molar-refractivity contribution is -0.158. The van der Waals surface area contributed by atoms with Crippen LogP contribution in [0.2, 0.25) is 0 Å². The summed E-state index contributed by atoms with van der Waals surface area (Å²) in [6.07, 6.45) is 0.914. The summed E-state index contributed by atoms with van der Waals surface area (Å²) in [6.45, 7) is 1.31. The number of hydrogen-bond acceptors (Lipinski definition) is 5. The number of likely N-dealkylation sites (tertiary alicyclic amines) is 1. The molecule has 1 fully saturated rings. The first kappa shape index (κ1) is 22.5. The number of hydroxylamine groups is 2. The smallest absolute Gasteiger partial charge is 0.270 e. The summed E-state index contributed by atoms with van der Waals surface area (Å²) in [4.78, 5) is 40.9. The molecule has 2 heterocycles. The molecule has 160 valence electrons. The van der Waals surface area contributed by atoms with Crippen LogP contribution in [-0.4, -0.2) is 68.6 Å². The van der Waals surface area contributed by atoms with Crippen molar-refractivity contribution < 1.29 is 33.6 Å². The van der Waals surface area contributed by atoms with E-state index in [0.29, 0.717) is 28.8 Å². The Morgan fingerprint density at radius 1 is 1.45 bits per heavy atom. The summed E-state index contributed by atoms with van der Waals surface area (Å²) in [5, 5.41) is 19.4. The molecule has 3 atom stereocenters. The van der Waals surface area contributed by atoms with E-state index in [2.05, 4.69) is 4.99 Å². The number of alkyl halides is 1. The van der Waals surface area contributed by atoms with Crippen LogP contribution in [0.5, 0.6) is 0 Å². The zero-order valence-electron chi connectivity index (χ0n) is 15.9. The molecule has 0 spiro atoms. The summed E-state index contributed by atoms with van der Waals surface area (Å²) < 4.78 is 27.4. The van der Waals surface area contributed by atoms with Gasteiger partial charge in [0.05, 0.1) is 25.2 Å². The van der Waals surface area contributed by atoms with Gasteiger partial charge in [0.2, 0.25) is 12.3 Å². The number of hydrogen-bond donors (Lipinski definition) is 2. The number of pyridine rings is 1. The number of halogens is 2. The van der Waals surface area contributed by atoms with Crippen LogP contribution in [0.25, 0.3) is 0 Å². The Balaban J connectivity index is 2.25. The summed E-state index contributed by atoms with van der Waals surface area (Å²) in [6, 6.07) is 0.860. The second-order valence-corrected chi connectivity index (χ2v) is 6.91. The van der Waals surface area contributed by atoms with Gasteiger partial charge in [-0.1, -0.05) is 19.8 Å². The molecule has 3 amide bonds. The van der Waals surface area contributed by atoms with Gasteiger partial charge in [-0.25, -0.2) is 13.8 Å². The van der Waals surface area contributed by atoms with Gasteiger partial charge in [0.25, 0.3) is 5.91 Å². The predicted octanol–water partition coefficient (Wildman–Crippen LogP) is 0.885. The van der Waals surface area contributed by atoms with E-state index in [1.165, 1.54) is 0 Å². The van der Waals surface area contributed by atoms with Crippen molar-refractivity contribution in [1.29, 1.82) is 0 Å². The van der Waals surface area contributed by atoms with E-state index in [0.717, 1.165) is 23.5 Å². The lowest BCUT2D eigenvalue weighted by atomic mass is 9.99. The third-order valence-corrected chi connectivity index (χ3v) is 4.70. The average molecular weight is 414 g/mol. The zero-order chi connectivity index (χ0) is 21.6. The highest BCUT2D eigenvalue weighted by Gasteiger charge is 2.42. The Labute approximate surface area is 165 Å². The Bertz CT molecular complexity index is 816. The van der Waals surface area contributed by atoms with E-state index >= 15 is 0 Å². The molecule has 2 rings (SSSR count). The molecule has 1 saturated heterocycles. The fourth-order valence-corrected chi connectivity index (χ4v) is 3.24. The molecule has 1 aliphatic heterocycles. The summed E-state index contributed by atoms with van der Waals surface area (Å²) >= 11 is 0. The first-order valence-electron chi connectivity index (χ1n) is 9.28. The number of carbonyl (C=O) groups is 3. The highest BCUT2D eigenvalue weighted by molar-refractivity contribution is 5.90. The van der Waals surface area contributed by atoms with Crippen molar-refractivity contribution in [3.8, 4) is 0 Å². The van der Waals surface area contributed by atoms with Crippen LogP contribution in [0.4, 0.5) is 8.78 Å². The third-order valence-electron chi connectivity index (χ3n) is 4.70. The van der Waals surface area contributed by atoms with E-state index in [1.54, 1.807) is 0 Å². The Morgan fingerprint density at radius 3 is 2.79 bits per heavy atom. The maximum atomic E-state index is 14.1. The number of unbranched alkanes of at least 4 members (excludes halogenated alkanes) is 1. The zero-order valence-corrected chi connectivity index (χ0v) is 15.9. The standard InChI is InChI=1S/C18H24F2N4O5/c1-2-3-4-12(8-22(28)11-25)18(27)23-9-14(20)7-15(23)17(26)21-16-6-5-13(19)10-24(16)29/h5-6,10-12,14-15,28-29H,2-4,7-9H2,1H3. The van der Waals surface area contributed by atoms with Crippen LogP contribution in [-0.2, 0) is 14.4 Å². The van der Waals surface area contributed by atoms with Gasteiger partial charge in [-0.3, -0.25) is 19.6 Å². The third kappa shape index (κ3) is 5.83. The molecule has 0 radical (unpaired) electrons. The first-order chi connectivity index (χ1) is 13.8. The van der Waals surface area contributed by atoms with Crippen LogP contribution < -0.4 is 5.49 Å². The van der Waals surface area contributed by atoms with Crippen LogP contribution in [0.1, 0.15) is 32.6 Å². The van der Waals surface area contributed by atoms with Crippen molar-refractivity contribution in [3.63, 3.8) is 0 Å². The monoisotopic (exact) mass is 414 g/mol. The number of nitrogens with zero attached hydrogens (tertiary/aromatic N) is 4. The fraction of sp³-hybridized carbons (Fsp3) is 0.556. The molecule has 3 unspecified atom stereocenters. The van der Waals surface area contributed by atoms with Gasteiger partial charge < -0.3 is 10.1 Å². The topological polar surface area (TPSA) is 115 Å². The van der Waals surface area contributed by atoms with Gasteiger partial charge in [0.1, 0.15) is 18.0 Å². The molecule has 29 heavy (non-hydrogen) atoms. The molecule has 0 aliphatic carbocycles. The molecular formula is C18H24F2N4O5. The second kappa shape index (κ2) is 10.1. The number of rotatable bonds is 8. The van der Waals surface area contributed by atoms with Crippen LogP contribution in [0.15, 0.2) is 23.3 Å². The molecule has 0 saturated carbocycles. The van der Waals surface area contributed by atoms with E-state index in [4.69, 9.17) is 0 Å². The number of aromatic nitrogens is 1. The first-order valence-corrected chi connectivity index (χ1v) is 9.28. The Kier molecular flexibility index (Phi) is 7.82. The van der Waals surface area contributed by atoms with Crippen molar-refractivity contribution in [1.82, 2.24) is 14.7 Å². The molecular weight excluding hydrogens is 390 g/mol. The minimum Gasteiger partial charge on any atom is -0.427 e. The van der Waals surface area contributed by atoms with Gasteiger partial charge >= 0.3 is 0 Å². The van der Waals surface area contributed by atoms with Crippen LogP contribution in [0, 0.1) is 11.7 Å². The Morgan fingerprint density at radius 2 is 2.17 bits per heavy atom. The fourth-order valence-electron chi connectivity index (χ4n) is 3.24. The van der Waals surface area contributed by atoms with Crippen LogP contribution >= 0.6 is 0 Å². The highest BCUT2D eigenvalue weighted by Crippen LogP contribution is 2.25. The van der Waals surface area contributed by atoms with Crippen molar-refractivity contribution >= 4 is 18.2 Å². The molecule has 9 nitrogen and oxygen atoms in total. The molecule has 0 aromatic carbocycles. The minimum atomic E-state index is -1.44.